The van der Waals surface area contributed by atoms with Crippen LogP contribution >= 0.6 is 11.8 Å². The van der Waals surface area contributed by atoms with E-state index in [1.807, 2.05) is 30.3 Å². The Morgan fingerprint density at radius 2 is 1.82 bits per heavy atom. The summed E-state index contributed by atoms with van der Waals surface area (Å²) in [5, 5.41) is 3.29. The van der Waals surface area contributed by atoms with E-state index in [9.17, 15) is 14.0 Å². The molecule has 3 aromatic rings. The van der Waals surface area contributed by atoms with E-state index in [0.29, 0.717) is 29.6 Å². The largest absolute Gasteiger partial charge is 0.355 e. The van der Waals surface area contributed by atoms with Gasteiger partial charge in [-0.2, -0.15) is 0 Å². The van der Waals surface area contributed by atoms with Crippen LogP contribution < -0.4 is 10.9 Å². The predicted molar refractivity (Wildman–Crippen MR) is 108 cm³/mol. The summed E-state index contributed by atoms with van der Waals surface area (Å²) in [5.41, 5.74) is 2.22. The van der Waals surface area contributed by atoms with Crippen LogP contribution in [-0.2, 0) is 23.4 Å². The highest BCUT2D eigenvalue weighted by Crippen LogP contribution is 2.18. The molecule has 0 fully saturated rings. The number of amides is 1. The van der Waals surface area contributed by atoms with Crippen molar-refractivity contribution in [2.45, 2.75) is 23.8 Å². The standard InChI is InChI=1S/C21H20FN3O2S/c22-17-8-6-15(7-9-17)10-11-23-19(26)12-18-13-20(27)25-21(24-18)28-14-16-4-2-1-3-5-16/h1-9,13H,10-12,14H2,(H,23,26)(H,24,25,27). The lowest BCUT2D eigenvalue weighted by molar-refractivity contribution is -0.120. The summed E-state index contributed by atoms with van der Waals surface area (Å²) in [7, 11) is 0. The van der Waals surface area contributed by atoms with Crippen molar-refractivity contribution in [2.24, 2.45) is 0 Å². The molecule has 5 nitrogen and oxygen atoms in total. The molecule has 7 heteroatoms. The number of hydrogen-bond donors (Lipinski definition) is 2. The van der Waals surface area contributed by atoms with Crippen molar-refractivity contribution in [1.82, 2.24) is 15.3 Å². The summed E-state index contributed by atoms with van der Waals surface area (Å²) in [6, 6.07) is 17.4. The predicted octanol–water partition coefficient (Wildman–Crippen LogP) is 3.10. The molecule has 28 heavy (non-hydrogen) atoms. The van der Waals surface area contributed by atoms with Gasteiger partial charge in [-0.25, -0.2) is 9.37 Å². The van der Waals surface area contributed by atoms with Crippen molar-refractivity contribution in [3.63, 3.8) is 0 Å². The van der Waals surface area contributed by atoms with E-state index in [1.165, 1.54) is 30.0 Å². The van der Waals surface area contributed by atoms with Crippen molar-refractivity contribution in [1.29, 1.82) is 0 Å². The third-order valence-electron chi connectivity index (χ3n) is 3.98. The highest BCUT2D eigenvalue weighted by Gasteiger charge is 2.08. The molecule has 3 rings (SSSR count). The molecule has 0 saturated heterocycles. The van der Waals surface area contributed by atoms with Crippen LogP contribution in [0.1, 0.15) is 16.8 Å². The number of thioether (sulfide) groups is 1. The smallest absolute Gasteiger partial charge is 0.251 e. The highest BCUT2D eigenvalue weighted by molar-refractivity contribution is 7.98. The molecule has 1 heterocycles. The lowest BCUT2D eigenvalue weighted by Gasteiger charge is -2.07. The lowest BCUT2D eigenvalue weighted by atomic mass is 10.1. The monoisotopic (exact) mass is 397 g/mol. The van der Waals surface area contributed by atoms with Gasteiger partial charge in [0.05, 0.1) is 12.1 Å². The van der Waals surface area contributed by atoms with Gasteiger partial charge in [0.1, 0.15) is 5.82 Å². The maximum Gasteiger partial charge on any atom is 0.251 e. The van der Waals surface area contributed by atoms with Crippen LogP contribution in [0.15, 0.2) is 70.6 Å². The maximum atomic E-state index is 12.9. The van der Waals surface area contributed by atoms with E-state index in [1.54, 1.807) is 12.1 Å². The summed E-state index contributed by atoms with van der Waals surface area (Å²) >= 11 is 1.42. The van der Waals surface area contributed by atoms with Gasteiger partial charge < -0.3 is 10.3 Å². The molecule has 0 aliphatic heterocycles. The number of nitrogens with zero attached hydrogens (tertiary/aromatic N) is 1. The molecule has 0 aliphatic carbocycles. The summed E-state index contributed by atoms with van der Waals surface area (Å²) in [6.07, 6.45) is 0.638. The Labute approximate surface area is 166 Å². The number of benzene rings is 2. The first-order valence-electron chi connectivity index (χ1n) is 8.86. The zero-order valence-corrected chi connectivity index (χ0v) is 16.0. The lowest BCUT2D eigenvalue weighted by Crippen LogP contribution is -2.28. The Bertz CT molecular complexity index is 975. The van der Waals surface area contributed by atoms with E-state index in [-0.39, 0.29) is 23.7 Å². The maximum absolute atomic E-state index is 12.9. The molecule has 0 saturated carbocycles. The molecule has 144 valence electrons. The number of carbonyl (C=O) groups is 1. The van der Waals surface area contributed by atoms with Gasteiger partial charge in [-0.15, -0.1) is 0 Å². The third kappa shape index (κ3) is 6.35. The van der Waals surface area contributed by atoms with Crippen LogP contribution in [0.3, 0.4) is 0 Å². The summed E-state index contributed by atoms with van der Waals surface area (Å²) in [5.74, 6) is 0.185. The van der Waals surface area contributed by atoms with Crippen molar-refractivity contribution in [2.75, 3.05) is 6.54 Å². The Hall–Kier alpha value is -2.93. The van der Waals surface area contributed by atoms with Crippen molar-refractivity contribution < 1.29 is 9.18 Å². The molecular formula is C21H20FN3O2S. The van der Waals surface area contributed by atoms with E-state index in [4.69, 9.17) is 0 Å². The number of aromatic amines is 1. The van der Waals surface area contributed by atoms with Crippen molar-refractivity contribution >= 4 is 17.7 Å². The molecule has 0 unspecified atom stereocenters. The summed E-state index contributed by atoms with van der Waals surface area (Å²) in [6.45, 7) is 0.434. The van der Waals surface area contributed by atoms with Gasteiger partial charge in [-0.1, -0.05) is 54.2 Å². The Morgan fingerprint density at radius 3 is 2.57 bits per heavy atom. The van der Waals surface area contributed by atoms with E-state index >= 15 is 0 Å². The molecule has 2 N–H and O–H groups in total. The fourth-order valence-electron chi connectivity index (χ4n) is 2.59. The Kier molecular flexibility index (Phi) is 6.97. The molecule has 0 atom stereocenters. The SMILES string of the molecule is O=C(Cc1cc(=O)[nH]c(SCc2ccccc2)n1)NCCc1ccc(F)cc1. The van der Waals surface area contributed by atoms with E-state index < -0.39 is 0 Å². The number of H-pyrrole nitrogens is 1. The van der Waals surface area contributed by atoms with Crippen LogP contribution in [-0.4, -0.2) is 22.4 Å². The number of halogens is 1. The van der Waals surface area contributed by atoms with Crippen molar-refractivity contribution in [3.8, 4) is 0 Å². The highest BCUT2D eigenvalue weighted by atomic mass is 32.2. The molecule has 0 bridgehead atoms. The van der Waals surface area contributed by atoms with Gasteiger partial charge >= 0.3 is 0 Å². The zero-order valence-electron chi connectivity index (χ0n) is 15.2. The normalized spacial score (nSPS) is 10.6. The fourth-order valence-corrected chi connectivity index (χ4v) is 3.44. The van der Waals surface area contributed by atoms with Crippen LogP contribution in [0, 0.1) is 5.82 Å². The topological polar surface area (TPSA) is 74.8 Å². The second kappa shape index (κ2) is 9.85. The second-order valence-corrected chi connectivity index (χ2v) is 7.18. The van der Waals surface area contributed by atoms with E-state index in [2.05, 4.69) is 15.3 Å². The van der Waals surface area contributed by atoms with Crippen LogP contribution in [0.25, 0.3) is 0 Å². The summed E-state index contributed by atoms with van der Waals surface area (Å²) in [4.78, 5) is 31.1. The number of rotatable bonds is 8. The third-order valence-corrected chi connectivity index (χ3v) is 4.93. The zero-order chi connectivity index (χ0) is 19.8. The summed E-state index contributed by atoms with van der Waals surface area (Å²) < 4.78 is 12.9. The minimum atomic E-state index is -0.283. The molecule has 0 aliphatic rings. The van der Waals surface area contributed by atoms with Crippen LogP contribution in [0.4, 0.5) is 4.39 Å². The van der Waals surface area contributed by atoms with E-state index in [0.717, 1.165) is 11.1 Å². The Balaban J connectivity index is 1.51. The molecule has 1 amide bonds. The van der Waals surface area contributed by atoms with Gasteiger partial charge in [0, 0.05) is 18.4 Å². The van der Waals surface area contributed by atoms with Gasteiger partial charge in [0.15, 0.2) is 5.16 Å². The fraction of sp³-hybridized carbons (Fsp3) is 0.190. The first kappa shape index (κ1) is 19.8. The first-order chi connectivity index (χ1) is 13.6. The molecule has 0 spiro atoms. The average molecular weight is 397 g/mol. The van der Waals surface area contributed by atoms with Crippen LogP contribution in [0.2, 0.25) is 0 Å². The van der Waals surface area contributed by atoms with Crippen molar-refractivity contribution in [3.05, 3.63) is 93.7 Å². The molecule has 0 radical (unpaired) electrons. The number of carbonyl (C=O) groups excluding carboxylic acids is 1. The van der Waals surface area contributed by atoms with Crippen LogP contribution in [0.5, 0.6) is 0 Å². The minimum Gasteiger partial charge on any atom is -0.355 e. The number of aromatic nitrogens is 2. The minimum absolute atomic E-state index is 0.0340. The quantitative estimate of drug-likeness (QED) is 0.452. The molecule has 1 aromatic heterocycles. The Morgan fingerprint density at radius 1 is 1.07 bits per heavy atom. The second-order valence-electron chi connectivity index (χ2n) is 6.22. The number of hydrogen-bond acceptors (Lipinski definition) is 4. The number of nitrogens with one attached hydrogen (secondary N) is 2. The van der Waals surface area contributed by atoms with Gasteiger partial charge in [0.2, 0.25) is 5.91 Å². The first-order valence-corrected chi connectivity index (χ1v) is 9.85. The van der Waals surface area contributed by atoms with Gasteiger partial charge in [-0.3, -0.25) is 9.59 Å². The molecule has 2 aromatic carbocycles. The van der Waals surface area contributed by atoms with Gasteiger partial charge in [0.25, 0.3) is 5.56 Å². The average Bonchev–Trinajstić information content (AvgIpc) is 2.68. The molecular weight excluding hydrogens is 377 g/mol. The van der Waals surface area contributed by atoms with Gasteiger partial charge in [-0.05, 0) is 29.7 Å².